The van der Waals surface area contributed by atoms with Gasteiger partial charge in [0.05, 0.1) is 0 Å². The van der Waals surface area contributed by atoms with Gasteiger partial charge < -0.3 is 9.64 Å². The average Bonchev–Trinajstić information content (AvgIpc) is 2.67. The summed E-state index contributed by atoms with van der Waals surface area (Å²) in [7, 11) is 0. The van der Waals surface area contributed by atoms with Gasteiger partial charge in [-0.15, -0.1) is 0 Å². The van der Waals surface area contributed by atoms with E-state index in [0.29, 0.717) is 6.42 Å². The molecule has 2 aromatic carbocycles. The Morgan fingerprint density at radius 2 is 1.77 bits per heavy atom. The van der Waals surface area contributed by atoms with Crippen LogP contribution in [0.25, 0.3) is 0 Å². The van der Waals surface area contributed by atoms with E-state index in [4.69, 9.17) is 4.74 Å². The van der Waals surface area contributed by atoms with Crippen molar-refractivity contribution in [3.8, 4) is 5.75 Å². The molecule has 1 unspecified atom stereocenters. The molecule has 1 aliphatic rings. The minimum absolute atomic E-state index is 0.105. The van der Waals surface area contributed by atoms with Crippen LogP contribution >= 0.6 is 0 Å². The van der Waals surface area contributed by atoms with E-state index in [0.717, 1.165) is 44.0 Å². The summed E-state index contributed by atoms with van der Waals surface area (Å²) in [6.45, 7) is 8.31. The summed E-state index contributed by atoms with van der Waals surface area (Å²) in [6.07, 6.45) is 0.272. The zero-order valence-electron chi connectivity index (χ0n) is 15.7. The predicted octanol–water partition coefficient (Wildman–Crippen LogP) is 3.50. The van der Waals surface area contributed by atoms with Gasteiger partial charge in [-0.3, -0.25) is 9.69 Å². The van der Waals surface area contributed by atoms with E-state index >= 15 is 0 Å². The minimum atomic E-state index is -0.405. The molecular weight excluding hydrogens is 324 g/mol. The number of piperazine rings is 1. The third kappa shape index (κ3) is 4.85. The lowest BCUT2D eigenvalue weighted by atomic mass is 10.1. The number of carbonyl (C=O) groups excluding carboxylic acids is 1. The van der Waals surface area contributed by atoms with Crippen LogP contribution in [-0.4, -0.2) is 48.0 Å². The van der Waals surface area contributed by atoms with Gasteiger partial charge in [-0.1, -0.05) is 49.4 Å². The van der Waals surface area contributed by atoms with E-state index in [1.807, 2.05) is 49.1 Å². The molecule has 0 radical (unpaired) electrons. The van der Waals surface area contributed by atoms with Crippen molar-refractivity contribution in [1.29, 1.82) is 0 Å². The summed E-state index contributed by atoms with van der Waals surface area (Å²) >= 11 is 0. The van der Waals surface area contributed by atoms with Crippen molar-refractivity contribution in [1.82, 2.24) is 9.80 Å². The number of hydrogen-bond acceptors (Lipinski definition) is 3. The first-order valence-electron chi connectivity index (χ1n) is 9.44. The summed E-state index contributed by atoms with van der Waals surface area (Å²) in [5.74, 6) is 0.876. The maximum absolute atomic E-state index is 12.9. The van der Waals surface area contributed by atoms with Gasteiger partial charge in [0.15, 0.2) is 6.10 Å². The molecule has 0 aliphatic carbocycles. The van der Waals surface area contributed by atoms with Gasteiger partial charge in [0.25, 0.3) is 5.91 Å². The molecule has 1 aliphatic heterocycles. The van der Waals surface area contributed by atoms with E-state index < -0.39 is 6.10 Å². The van der Waals surface area contributed by atoms with Gasteiger partial charge in [-0.25, -0.2) is 0 Å². The lowest BCUT2D eigenvalue weighted by molar-refractivity contribution is -0.140. The Morgan fingerprint density at radius 1 is 1.04 bits per heavy atom. The molecule has 2 aromatic rings. The summed E-state index contributed by atoms with van der Waals surface area (Å²) < 4.78 is 5.98. The highest BCUT2D eigenvalue weighted by Crippen LogP contribution is 2.17. The lowest BCUT2D eigenvalue weighted by Gasteiger charge is -2.36. The molecule has 1 saturated heterocycles. The quantitative estimate of drug-likeness (QED) is 0.798. The molecule has 0 spiro atoms. The van der Waals surface area contributed by atoms with Crippen molar-refractivity contribution >= 4 is 5.91 Å². The number of hydrogen-bond donors (Lipinski definition) is 0. The summed E-state index contributed by atoms with van der Waals surface area (Å²) in [6, 6.07) is 18.4. The summed E-state index contributed by atoms with van der Waals surface area (Å²) in [4.78, 5) is 17.2. The molecule has 0 bridgehead atoms. The summed E-state index contributed by atoms with van der Waals surface area (Å²) in [5, 5.41) is 0. The monoisotopic (exact) mass is 352 g/mol. The van der Waals surface area contributed by atoms with Crippen LogP contribution in [0, 0.1) is 6.92 Å². The Hall–Kier alpha value is -2.33. The van der Waals surface area contributed by atoms with Crippen molar-refractivity contribution in [3.05, 3.63) is 65.7 Å². The zero-order valence-corrected chi connectivity index (χ0v) is 15.7. The highest BCUT2D eigenvalue weighted by atomic mass is 16.5. The molecule has 3 rings (SSSR count). The molecule has 4 nitrogen and oxygen atoms in total. The number of rotatable bonds is 6. The predicted molar refractivity (Wildman–Crippen MR) is 104 cm³/mol. The molecule has 0 aromatic heterocycles. The number of ether oxygens (including phenoxy) is 1. The van der Waals surface area contributed by atoms with E-state index in [2.05, 4.69) is 29.2 Å². The molecule has 1 fully saturated rings. The molecule has 138 valence electrons. The number of benzene rings is 2. The standard InChI is InChI=1S/C22H28N2O2/c1-3-21(26-20-11-7-8-18(2)16-20)22(25)24-14-12-23(13-15-24)17-19-9-5-4-6-10-19/h4-11,16,21H,3,12-15,17H2,1-2H3. The molecule has 1 amide bonds. The number of carbonyl (C=O) groups is 1. The highest BCUT2D eigenvalue weighted by molar-refractivity contribution is 5.81. The fraction of sp³-hybridized carbons (Fsp3) is 0.409. The normalized spacial score (nSPS) is 16.3. The second-order valence-electron chi connectivity index (χ2n) is 6.92. The van der Waals surface area contributed by atoms with Gasteiger partial charge in [-0.2, -0.15) is 0 Å². The number of aryl methyl sites for hydroxylation is 1. The van der Waals surface area contributed by atoms with E-state index in [-0.39, 0.29) is 5.91 Å². The van der Waals surface area contributed by atoms with Crippen molar-refractivity contribution in [2.24, 2.45) is 0 Å². The average molecular weight is 352 g/mol. The second-order valence-corrected chi connectivity index (χ2v) is 6.92. The molecule has 0 N–H and O–H groups in total. The first-order valence-corrected chi connectivity index (χ1v) is 9.44. The maximum Gasteiger partial charge on any atom is 0.263 e. The third-order valence-electron chi connectivity index (χ3n) is 4.85. The van der Waals surface area contributed by atoms with Crippen molar-refractivity contribution < 1.29 is 9.53 Å². The number of amides is 1. The van der Waals surface area contributed by atoms with Gasteiger partial charge in [0.2, 0.25) is 0 Å². The van der Waals surface area contributed by atoms with Gasteiger partial charge in [0.1, 0.15) is 5.75 Å². The van der Waals surface area contributed by atoms with Gasteiger partial charge >= 0.3 is 0 Å². The molecule has 1 heterocycles. The first kappa shape index (κ1) is 18.5. The minimum Gasteiger partial charge on any atom is -0.481 e. The Kier molecular flexibility index (Phi) is 6.29. The van der Waals surface area contributed by atoms with Gasteiger partial charge in [-0.05, 0) is 36.6 Å². The summed E-state index contributed by atoms with van der Waals surface area (Å²) in [5.41, 5.74) is 2.46. The first-order chi connectivity index (χ1) is 12.7. The smallest absolute Gasteiger partial charge is 0.263 e. The number of nitrogens with zero attached hydrogens (tertiary/aromatic N) is 2. The van der Waals surface area contributed by atoms with Crippen molar-refractivity contribution in [2.75, 3.05) is 26.2 Å². The fourth-order valence-electron chi connectivity index (χ4n) is 3.33. The van der Waals surface area contributed by atoms with Crippen LogP contribution < -0.4 is 4.74 Å². The molecule has 0 saturated carbocycles. The molecule has 26 heavy (non-hydrogen) atoms. The van der Waals surface area contributed by atoms with Gasteiger partial charge in [0, 0.05) is 32.7 Å². The Labute approximate surface area is 156 Å². The molecular formula is C22H28N2O2. The van der Waals surface area contributed by atoms with Crippen LogP contribution in [0.5, 0.6) is 5.75 Å². The maximum atomic E-state index is 12.9. The zero-order chi connectivity index (χ0) is 18.4. The van der Waals surface area contributed by atoms with Crippen LogP contribution in [0.4, 0.5) is 0 Å². The Morgan fingerprint density at radius 3 is 2.42 bits per heavy atom. The van der Waals surface area contributed by atoms with E-state index in [1.54, 1.807) is 0 Å². The second kappa shape index (κ2) is 8.86. The van der Waals surface area contributed by atoms with Crippen LogP contribution in [0.2, 0.25) is 0 Å². The van der Waals surface area contributed by atoms with Crippen molar-refractivity contribution in [3.63, 3.8) is 0 Å². The third-order valence-corrected chi connectivity index (χ3v) is 4.85. The SMILES string of the molecule is CCC(Oc1cccc(C)c1)C(=O)N1CCN(Cc2ccccc2)CC1. The topological polar surface area (TPSA) is 32.8 Å². The largest absolute Gasteiger partial charge is 0.481 e. The van der Waals surface area contributed by atoms with Crippen LogP contribution in [0.3, 0.4) is 0 Å². The Bertz CT molecular complexity index is 709. The van der Waals surface area contributed by atoms with Crippen LogP contribution in [0.1, 0.15) is 24.5 Å². The van der Waals surface area contributed by atoms with Crippen LogP contribution in [0.15, 0.2) is 54.6 Å². The molecule has 1 atom stereocenters. The van der Waals surface area contributed by atoms with E-state index in [9.17, 15) is 4.79 Å². The van der Waals surface area contributed by atoms with Crippen LogP contribution in [-0.2, 0) is 11.3 Å². The van der Waals surface area contributed by atoms with E-state index in [1.165, 1.54) is 5.56 Å². The highest BCUT2D eigenvalue weighted by Gasteiger charge is 2.27. The lowest BCUT2D eigenvalue weighted by Crippen LogP contribution is -2.52. The van der Waals surface area contributed by atoms with Crippen molar-refractivity contribution in [2.45, 2.75) is 32.9 Å². The Balaban J connectivity index is 1.53. The molecule has 4 heteroatoms. The fourth-order valence-corrected chi connectivity index (χ4v) is 3.33.